The molecule has 7 heteroatoms. The molecule has 0 saturated heterocycles. The first-order valence-corrected chi connectivity index (χ1v) is 6.06. The van der Waals surface area contributed by atoms with Crippen LogP contribution in [0, 0.1) is 5.41 Å². The van der Waals surface area contributed by atoms with E-state index < -0.39 is 23.6 Å². The van der Waals surface area contributed by atoms with Crippen molar-refractivity contribution in [2.45, 2.75) is 25.9 Å². The van der Waals surface area contributed by atoms with Gasteiger partial charge in [0.25, 0.3) is 0 Å². The minimum Gasteiger partial charge on any atom is -0.357 e. The Labute approximate surface area is 114 Å². The fourth-order valence-corrected chi connectivity index (χ4v) is 1.73. The Morgan fingerprint density at radius 3 is 2.50 bits per heavy atom. The summed E-state index contributed by atoms with van der Waals surface area (Å²) in [5.41, 5.74) is -0.945. The largest absolute Gasteiger partial charge is 0.416 e. The van der Waals surface area contributed by atoms with Crippen molar-refractivity contribution in [3.63, 3.8) is 0 Å². The minimum absolute atomic E-state index is 0.109. The summed E-state index contributed by atoms with van der Waals surface area (Å²) in [6.45, 7) is 3.55. The van der Waals surface area contributed by atoms with Crippen LogP contribution in [0.15, 0.2) is 24.3 Å². The Kier molecular flexibility index (Phi) is 5.12. The van der Waals surface area contributed by atoms with Crippen LogP contribution < -0.4 is 10.6 Å². The fraction of sp³-hybridized carbons (Fsp3) is 0.385. The highest BCUT2D eigenvalue weighted by Crippen LogP contribution is 2.35. The van der Waals surface area contributed by atoms with E-state index in [1.54, 1.807) is 6.92 Å². The number of hydrogen-bond donors (Lipinski definition) is 3. The molecule has 0 saturated carbocycles. The van der Waals surface area contributed by atoms with Gasteiger partial charge in [0.1, 0.15) is 0 Å². The fourth-order valence-electron chi connectivity index (χ4n) is 1.73. The Bertz CT molecular complexity index is 500. The number of alkyl halides is 3. The molecule has 110 valence electrons. The van der Waals surface area contributed by atoms with Crippen molar-refractivity contribution in [2.75, 3.05) is 6.54 Å². The van der Waals surface area contributed by atoms with Gasteiger partial charge in [-0.15, -0.1) is 0 Å². The molecule has 1 rings (SSSR count). The molecule has 3 N–H and O–H groups in total. The SMILES string of the molecule is CCNC(=N)NC(=O)C(C)c1ccccc1C(F)(F)F. The summed E-state index contributed by atoms with van der Waals surface area (Å²) in [6, 6.07) is 4.93. The van der Waals surface area contributed by atoms with Crippen molar-refractivity contribution < 1.29 is 18.0 Å². The highest BCUT2D eigenvalue weighted by atomic mass is 19.4. The van der Waals surface area contributed by atoms with Crippen molar-refractivity contribution >= 4 is 11.9 Å². The van der Waals surface area contributed by atoms with Crippen molar-refractivity contribution in [3.05, 3.63) is 35.4 Å². The molecule has 0 spiro atoms. The number of halogens is 3. The van der Waals surface area contributed by atoms with Crippen molar-refractivity contribution in [3.8, 4) is 0 Å². The van der Waals surface area contributed by atoms with Crippen LogP contribution in [0.3, 0.4) is 0 Å². The number of hydrogen-bond acceptors (Lipinski definition) is 2. The zero-order chi connectivity index (χ0) is 15.3. The number of carbonyl (C=O) groups excluding carboxylic acids is 1. The predicted molar refractivity (Wildman–Crippen MR) is 69.4 cm³/mol. The Balaban J connectivity index is 2.95. The first kappa shape index (κ1) is 16.0. The normalized spacial score (nSPS) is 12.7. The monoisotopic (exact) mass is 287 g/mol. The third-order valence-electron chi connectivity index (χ3n) is 2.73. The van der Waals surface area contributed by atoms with E-state index >= 15 is 0 Å². The molecule has 1 aromatic rings. The standard InChI is InChI=1S/C13H16F3N3O/c1-3-18-12(17)19-11(20)8(2)9-6-4-5-7-10(9)13(14,15)16/h4-8H,3H2,1-2H3,(H3,17,18,19,20). The molecule has 0 radical (unpaired) electrons. The quantitative estimate of drug-likeness (QED) is 0.590. The maximum atomic E-state index is 12.9. The molecule has 0 aliphatic rings. The zero-order valence-electron chi connectivity index (χ0n) is 11.1. The van der Waals surface area contributed by atoms with Crippen LogP contribution >= 0.6 is 0 Å². The zero-order valence-corrected chi connectivity index (χ0v) is 11.1. The Morgan fingerprint density at radius 2 is 1.95 bits per heavy atom. The van der Waals surface area contributed by atoms with Gasteiger partial charge in [0, 0.05) is 6.54 Å². The van der Waals surface area contributed by atoms with Crippen molar-refractivity contribution in [1.82, 2.24) is 10.6 Å². The van der Waals surface area contributed by atoms with Crippen LogP contribution in [0.5, 0.6) is 0 Å². The van der Waals surface area contributed by atoms with Gasteiger partial charge < -0.3 is 5.32 Å². The van der Waals surface area contributed by atoms with E-state index in [0.29, 0.717) is 6.54 Å². The smallest absolute Gasteiger partial charge is 0.357 e. The van der Waals surface area contributed by atoms with Gasteiger partial charge in [-0.1, -0.05) is 18.2 Å². The molecule has 0 heterocycles. The molecule has 0 bridgehead atoms. The molecular formula is C13H16F3N3O. The first-order valence-electron chi connectivity index (χ1n) is 6.06. The molecule has 1 aromatic carbocycles. The molecule has 20 heavy (non-hydrogen) atoms. The number of guanidine groups is 1. The topological polar surface area (TPSA) is 65.0 Å². The number of nitrogens with one attached hydrogen (secondary N) is 3. The van der Waals surface area contributed by atoms with Crippen LogP contribution in [0.25, 0.3) is 0 Å². The van der Waals surface area contributed by atoms with Crippen LogP contribution in [-0.2, 0) is 11.0 Å². The molecule has 1 atom stereocenters. The summed E-state index contributed by atoms with van der Waals surface area (Å²) in [5, 5.41) is 12.2. The molecule has 4 nitrogen and oxygen atoms in total. The molecular weight excluding hydrogens is 271 g/mol. The second-order valence-electron chi connectivity index (χ2n) is 4.20. The minimum atomic E-state index is -4.51. The second-order valence-corrected chi connectivity index (χ2v) is 4.20. The van der Waals surface area contributed by atoms with Crippen LogP contribution in [-0.4, -0.2) is 18.4 Å². The predicted octanol–water partition coefficient (Wildman–Crippen LogP) is 2.47. The van der Waals surface area contributed by atoms with Gasteiger partial charge in [0.05, 0.1) is 11.5 Å². The van der Waals surface area contributed by atoms with E-state index in [1.807, 2.05) is 0 Å². The molecule has 0 aromatic heterocycles. The summed E-state index contributed by atoms with van der Waals surface area (Å²) < 4.78 is 38.6. The molecule has 1 unspecified atom stereocenters. The van der Waals surface area contributed by atoms with Gasteiger partial charge in [-0.3, -0.25) is 15.5 Å². The summed E-state index contributed by atoms with van der Waals surface area (Å²) in [7, 11) is 0. The van der Waals surface area contributed by atoms with Crippen molar-refractivity contribution in [2.24, 2.45) is 0 Å². The maximum Gasteiger partial charge on any atom is 0.416 e. The van der Waals surface area contributed by atoms with Crippen LogP contribution in [0.1, 0.15) is 30.9 Å². The second kappa shape index (κ2) is 6.40. The Hall–Kier alpha value is -2.05. The van der Waals surface area contributed by atoms with E-state index in [4.69, 9.17) is 5.41 Å². The molecule has 0 aliphatic heterocycles. The number of amides is 1. The summed E-state index contributed by atoms with van der Waals surface area (Å²) in [6.07, 6.45) is -4.51. The van der Waals surface area contributed by atoms with E-state index in [9.17, 15) is 18.0 Å². The molecule has 0 aliphatic carbocycles. The summed E-state index contributed by atoms with van der Waals surface area (Å²) in [4.78, 5) is 11.8. The van der Waals surface area contributed by atoms with Gasteiger partial charge in [0.2, 0.25) is 5.91 Å². The lowest BCUT2D eigenvalue weighted by Crippen LogP contribution is -2.42. The van der Waals surface area contributed by atoms with Gasteiger partial charge in [-0.25, -0.2) is 0 Å². The number of carbonyl (C=O) groups is 1. The first-order chi connectivity index (χ1) is 9.27. The summed E-state index contributed by atoms with van der Waals surface area (Å²) in [5.74, 6) is -1.90. The lowest BCUT2D eigenvalue weighted by Gasteiger charge is -2.18. The van der Waals surface area contributed by atoms with Gasteiger partial charge in [0.15, 0.2) is 5.96 Å². The van der Waals surface area contributed by atoms with Gasteiger partial charge >= 0.3 is 6.18 Å². The third kappa shape index (κ3) is 3.97. The third-order valence-corrected chi connectivity index (χ3v) is 2.73. The average molecular weight is 287 g/mol. The average Bonchev–Trinajstić information content (AvgIpc) is 2.37. The number of benzene rings is 1. The van der Waals surface area contributed by atoms with Crippen LogP contribution in [0.2, 0.25) is 0 Å². The summed E-state index contributed by atoms with van der Waals surface area (Å²) >= 11 is 0. The van der Waals surface area contributed by atoms with Crippen molar-refractivity contribution in [1.29, 1.82) is 5.41 Å². The van der Waals surface area contributed by atoms with E-state index in [2.05, 4.69) is 10.6 Å². The van der Waals surface area contributed by atoms with E-state index in [-0.39, 0.29) is 11.5 Å². The molecule has 1 amide bonds. The van der Waals surface area contributed by atoms with Gasteiger partial charge in [-0.2, -0.15) is 13.2 Å². The van der Waals surface area contributed by atoms with E-state index in [1.165, 1.54) is 25.1 Å². The lowest BCUT2D eigenvalue weighted by molar-refractivity contribution is -0.138. The van der Waals surface area contributed by atoms with Gasteiger partial charge in [-0.05, 0) is 25.5 Å². The lowest BCUT2D eigenvalue weighted by atomic mass is 9.94. The molecule has 0 fully saturated rings. The maximum absolute atomic E-state index is 12.9. The number of rotatable bonds is 3. The highest BCUT2D eigenvalue weighted by molar-refractivity contribution is 5.98. The Morgan fingerprint density at radius 1 is 1.35 bits per heavy atom. The highest BCUT2D eigenvalue weighted by Gasteiger charge is 2.35. The van der Waals surface area contributed by atoms with E-state index in [0.717, 1.165) is 6.07 Å². The van der Waals surface area contributed by atoms with Crippen LogP contribution in [0.4, 0.5) is 13.2 Å².